The molecule has 0 aromatic carbocycles. The van der Waals surface area contributed by atoms with E-state index in [0.29, 0.717) is 6.42 Å². The van der Waals surface area contributed by atoms with Gasteiger partial charge in [0, 0.05) is 11.0 Å². The second-order valence-electron chi connectivity index (χ2n) is 3.97. The first-order valence-corrected chi connectivity index (χ1v) is 8.17. The van der Waals surface area contributed by atoms with Crippen LogP contribution in [0.25, 0.3) is 0 Å². The summed E-state index contributed by atoms with van der Waals surface area (Å²) < 4.78 is 4.79. The topological polar surface area (TPSA) is 83.4 Å². The molecule has 100 valence electrons. The Morgan fingerprint density at radius 1 is 1.63 bits per heavy atom. The number of aromatic nitrogens is 2. The third kappa shape index (κ3) is 2.49. The minimum absolute atomic E-state index is 0.0244. The lowest BCUT2D eigenvalue weighted by atomic mass is 10.1. The van der Waals surface area contributed by atoms with Gasteiger partial charge in [-0.1, -0.05) is 11.8 Å². The quantitative estimate of drug-likeness (QED) is 0.661. The molecular formula is C10H9N3O3S3. The Kier molecular flexibility index (Phi) is 3.50. The van der Waals surface area contributed by atoms with E-state index in [1.807, 2.05) is 0 Å². The smallest absolute Gasteiger partial charge is 0.352 e. The number of carbonyl (C=O) groups is 2. The van der Waals surface area contributed by atoms with Gasteiger partial charge in [-0.2, -0.15) is 4.37 Å². The van der Waals surface area contributed by atoms with E-state index in [9.17, 15) is 9.59 Å². The highest BCUT2D eigenvalue weighted by atomic mass is 32.2. The van der Waals surface area contributed by atoms with E-state index in [1.165, 1.54) is 22.8 Å². The molecule has 0 radical (unpaired) electrons. The molecule has 0 bridgehead atoms. The van der Waals surface area contributed by atoms with Crippen molar-refractivity contribution in [2.24, 2.45) is 0 Å². The Labute approximate surface area is 121 Å². The second kappa shape index (κ2) is 5.14. The number of nitrogens with zero attached hydrogens (tertiary/aromatic N) is 3. The molecule has 1 fully saturated rings. The zero-order chi connectivity index (χ0) is 13.4. The number of β-lactam (4-membered cyclic amide) rings is 1. The van der Waals surface area contributed by atoms with Gasteiger partial charge >= 0.3 is 5.97 Å². The SMILES string of the molecule is O=C(O)C1=CC(CSc2ncns2)S[C@@H]2CC(=O)N12. The van der Waals surface area contributed by atoms with Crippen molar-refractivity contribution in [3.63, 3.8) is 0 Å². The predicted molar refractivity (Wildman–Crippen MR) is 73.0 cm³/mol. The van der Waals surface area contributed by atoms with Crippen LogP contribution in [0, 0.1) is 0 Å². The molecule has 1 saturated heterocycles. The molecule has 2 aliphatic heterocycles. The van der Waals surface area contributed by atoms with Crippen LogP contribution in [-0.2, 0) is 9.59 Å². The van der Waals surface area contributed by atoms with Gasteiger partial charge in [0.25, 0.3) is 0 Å². The maximum Gasteiger partial charge on any atom is 0.352 e. The lowest BCUT2D eigenvalue weighted by Crippen LogP contribution is -2.54. The first-order chi connectivity index (χ1) is 9.15. The molecule has 19 heavy (non-hydrogen) atoms. The van der Waals surface area contributed by atoms with E-state index in [-0.39, 0.29) is 22.2 Å². The van der Waals surface area contributed by atoms with Gasteiger partial charge in [-0.05, 0) is 17.6 Å². The van der Waals surface area contributed by atoms with Gasteiger partial charge in [-0.15, -0.1) is 11.8 Å². The van der Waals surface area contributed by atoms with Crippen LogP contribution in [0.3, 0.4) is 0 Å². The van der Waals surface area contributed by atoms with Crippen LogP contribution in [0.2, 0.25) is 0 Å². The fourth-order valence-electron chi connectivity index (χ4n) is 1.92. The van der Waals surface area contributed by atoms with Crippen molar-refractivity contribution in [3.8, 4) is 0 Å². The summed E-state index contributed by atoms with van der Waals surface area (Å²) in [7, 11) is 0. The summed E-state index contributed by atoms with van der Waals surface area (Å²) in [6.45, 7) is 0. The Hall–Kier alpha value is -1.06. The van der Waals surface area contributed by atoms with Gasteiger partial charge in [-0.3, -0.25) is 9.69 Å². The summed E-state index contributed by atoms with van der Waals surface area (Å²) in [4.78, 5) is 28.0. The molecule has 9 heteroatoms. The van der Waals surface area contributed by atoms with E-state index in [1.54, 1.807) is 29.6 Å². The Morgan fingerprint density at radius 2 is 2.47 bits per heavy atom. The van der Waals surface area contributed by atoms with Crippen molar-refractivity contribution in [3.05, 3.63) is 18.1 Å². The van der Waals surface area contributed by atoms with Crippen LogP contribution in [-0.4, -0.2) is 47.6 Å². The lowest BCUT2D eigenvalue weighted by Gasteiger charge is -2.44. The average Bonchev–Trinajstić information content (AvgIpc) is 2.87. The number of hydrogen-bond acceptors (Lipinski definition) is 7. The van der Waals surface area contributed by atoms with Crippen molar-refractivity contribution in [2.75, 3.05) is 5.75 Å². The summed E-state index contributed by atoms with van der Waals surface area (Å²) in [6, 6.07) is 0. The van der Waals surface area contributed by atoms with Crippen molar-refractivity contribution in [1.82, 2.24) is 14.3 Å². The fraction of sp³-hybridized carbons (Fsp3) is 0.400. The molecular weight excluding hydrogens is 306 g/mol. The first kappa shape index (κ1) is 12.9. The van der Waals surface area contributed by atoms with Crippen LogP contribution >= 0.6 is 35.1 Å². The van der Waals surface area contributed by atoms with Crippen LogP contribution in [0.15, 0.2) is 22.4 Å². The van der Waals surface area contributed by atoms with Crippen molar-refractivity contribution < 1.29 is 14.7 Å². The summed E-state index contributed by atoms with van der Waals surface area (Å²) in [5.41, 5.74) is 0.114. The fourth-order valence-corrected chi connectivity index (χ4v) is 4.99. The number of thioether (sulfide) groups is 2. The number of carbonyl (C=O) groups excluding carboxylic acids is 1. The van der Waals surface area contributed by atoms with Crippen LogP contribution < -0.4 is 0 Å². The molecule has 2 aliphatic rings. The van der Waals surface area contributed by atoms with Gasteiger partial charge in [0.05, 0.1) is 11.8 Å². The number of carboxylic acids is 1. The molecule has 3 heterocycles. The van der Waals surface area contributed by atoms with Crippen molar-refractivity contribution in [1.29, 1.82) is 0 Å². The summed E-state index contributed by atoms with van der Waals surface area (Å²) in [5.74, 6) is -0.416. The molecule has 1 N–H and O–H groups in total. The highest BCUT2D eigenvalue weighted by Gasteiger charge is 2.45. The molecule has 1 aromatic rings. The monoisotopic (exact) mass is 315 g/mol. The van der Waals surface area contributed by atoms with E-state index < -0.39 is 5.97 Å². The average molecular weight is 315 g/mol. The molecule has 0 saturated carbocycles. The lowest BCUT2D eigenvalue weighted by molar-refractivity contribution is -0.146. The standard InChI is InChI=1S/C10H9N3O3S3/c14-7-2-8-13(7)6(9(15)16)1-5(18-8)3-17-10-11-4-12-19-10/h1,4-5,8H,2-3H2,(H,15,16)/t5?,8-/m1/s1. The predicted octanol–water partition coefficient (Wildman–Crippen LogP) is 1.27. The molecule has 6 nitrogen and oxygen atoms in total. The number of rotatable bonds is 4. The minimum atomic E-state index is -1.04. The molecule has 1 aromatic heterocycles. The molecule has 2 atom stereocenters. The third-order valence-corrected chi connectivity index (χ3v) is 6.24. The number of hydrogen-bond donors (Lipinski definition) is 1. The van der Waals surface area contributed by atoms with Crippen molar-refractivity contribution in [2.45, 2.75) is 21.4 Å². The van der Waals surface area contributed by atoms with Crippen LogP contribution in [0.5, 0.6) is 0 Å². The van der Waals surface area contributed by atoms with E-state index >= 15 is 0 Å². The highest BCUT2D eigenvalue weighted by Crippen LogP contribution is 2.41. The number of fused-ring (bicyclic) bond motifs is 1. The van der Waals surface area contributed by atoms with E-state index in [2.05, 4.69) is 9.36 Å². The summed E-state index contributed by atoms with van der Waals surface area (Å²) >= 11 is 4.51. The molecule has 1 amide bonds. The highest BCUT2D eigenvalue weighted by molar-refractivity contribution is 8.04. The minimum Gasteiger partial charge on any atom is -0.477 e. The molecule has 0 aliphatic carbocycles. The van der Waals surface area contributed by atoms with E-state index in [4.69, 9.17) is 5.11 Å². The number of carboxylic acid groups (broad SMARTS) is 1. The van der Waals surface area contributed by atoms with Crippen LogP contribution in [0.1, 0.15) is 6.42 Å². The van der Waals surface area contributed by atoms with E-state index in [0.717, 1.165) is 10.1 Å². The Bertz CT molecular complexity index is 545. The van der Waals surface area contributed by atoms with Gasteiger partial charge in [0.2, 0.25) is 5.91 Å². The maximum absolute atomic E-state index is 11.4. The second-order valence-corrected chi connectivity index (χ2v) is 7.44. The van der Waals surface area contributed by atoms with Gasteiger partial charge in [0.1, 0.15) is 12.0 Å². The maximum atomic E-state index is 11.4. The summed E-state index contributed by atoms with van der Waals surface area (Å²) in [6.07, 6.45) is 3.59. The van der Waals surface area contributed by atoms with Gasteiger partial charge in [0.15, 0.2) is 4.34 Å². The third-order valence-electron chi connectivity index (χ3n) is 2.77. The normalized spacial score (nSPS) is 25.6. The number of amides is 1. The molecule has 1 unspecified atom stereocenters. The Balaban J connectivity index is 1.71. The van der Waals surface area contributed by atoms with Gasteiger partial charge in [-0.25, -0.2) is 9.78 Å². The largest absolute Gasteiger partial charge is 0.477 e. The van der Waals surface area contributed by atoms with Crippen LogP contribution in [0.4, 0.5) is 0 Å². The summed E-state index contributed by atoms with van der Waals surface area (Å²) in [5, 5.41) is 9.20. The first-order valence-electron chi connectivity index (χ1n) is 5.47. The zero-order valence-corrected chi connectivity index (χ0v) is 12.0. The zero-order valence-electron chi connectivity index (χ0n) is 9.55. The molecule has 3 rings (SSSR count). The van der Waals surface area contributed by atoms with Gasteiger partial charge < -0.3 is 5.11 Å². The number of aliphatic carboxylic acids is 1. The Morgan fingerprint density at radius 3 is 3.11 bits per heavy atom. The molecule has 0 spiro atoms. The van der Waals surface area contributed by atoms with Crippen molar-refractivity contribution >= 4 is 46.9 Å².